The van der Waals surface area contributed by atoms with E-state index in [1.807, 2.05) is 0 Å². The highest BCUT2D eigenvalue weighted by Crippen LogP contribution is 2.24. The van der Waals surface area contributed by atoms with Crippen LogP contribution in [0, 0.1) is 0 Å². The first-order valence-electron chi connectivity index (χ1n) is 9.55. The lowest BCUT2D eigenvalue weighted by atomic mass is 10.2. The summed E-state index contributed by atoms with van der Waals surface area (Å²) >= 11 is 1.14. The molecule has 1 fully saturated rings. The zero-order chi connectivity index (χ0) is 24.1. The number of carbonyl (C=O) groups is 2. The summed E-state index contributed by atoms with van der Waals surface area (Å²) in [4.78, 5) is 30.7. The van der Waals surface area contributed by atoms with Gasteiger partial charge in [-0.05, 0) is 48.5 Å². The molecule has 1 aliphatic rings. The molecule has 0 radical (unpaired) electrons. The average Bonchev–Trinajstić information content (AvgIpc) is 3.43. The lowest BCUT2D eigenvalue weighted by molar-refractivity contribution is -0.274. The van der Waals surface area contributed by atoms with E-state index >= 15 is 0 Å². The fourth-order valence-corrected chi connectivity index (χ4v) is 3.39. The Bertz CT molecular complexity index is 1210. The standard InChI is InChI=1S/C20H15F3N6O4S/c21-20(22,23)33-15-7-3-13(4-8-15)29-10-24-17(28-29)12-1-5-14(6-2-12)32-11-25-18(31)27-19-26-16(30)9-34-19/h1-8,10H,9,11H2,(H2,25,26,27,30,31). The maximum Gasteiger partial charge on any atom is 0.573 e. The van der Waals surface area contributed by atoms with Crippen molar-refractivity contribution in [3.8, 4) is 28.6 Å². The first-order chi connectivity index (χ1) is 16.2. The fourth-order valence-electron chi connectivity index (χ4n) is 2.72. The predicted molar refractivity (Wildman–Crippen MR) is 116 cm³/mol. The molecular weight excluding hydrogens is 477 g/mol. The molecule has 4 rings (SSSR count). The van der Waals surface area contributed by atoms with Gasteiger partial charge in [0, 0.05) is 5.56 Å². The number of alkyl halides is 3. The molecule has 2 N–H and O–H groups in total. The molecule has 2 aromatic carbocycles. The first-order valence-corrected chi connectivity index (χ1v) is 10.5. The molecule has 1 aromatic heterocycles. The molecule has 1 aliphatic heterocycles. The second-order valence-corrected chi connectivity index (χ2v) is 7.57. The number of nitrogens with one attached hydrogen (secondary N) is 2. The Balaban J connectivity index is 1.31. The molecule has 14 heteroatoms. The summed E-state index contributed by atoms with van der Waals surface area (Å²) in [5.74, 6) is 0.550. The topological polar surface area (TPSA) is 120 Å². The van der Waals surface area contributed by atoms with Crippen LogP contribution in [0.3, 0.4) is 0 Å². The van der Waals surface area contributed by atoms with Crippen molar-refractivity contribution in [2.24, 2.45) is 4.99 Å². The molecule has 0 saturated carbocycles. The largest absolute Gasteiger partial charge is 0.573 e. The van der Waals surface area contributed by atoms with E-state index in [9.17, 15) is 22.8 Å². The summed E-state index contributed by atoms with van der Waals surface area (Å²) in [5.41, 5.74) is 1.18. The minimum absolute atomic E-state index is 0.130. The van der Waals surface area contributed by atoms with Gasteiger partial charge in [0.2, 0.25) is 5.91 Å². The monoisotopic (exact) mass is 492 g/mol. The van der Waals surface area contributed by atoms with Gasteiger partial charge in [0.15, 0.2) is 17.7 Å². The molecule has 2 heterocycles. The Morgan fingerprint density at radius 2 is 1.85 bits per heavy atom. The van der Waals surface area contributed by atoms with Crippen molar-refractivity contribution in [2.45, 2.75) is 6.36 Å². The Labute approximate surface area is 194 Å². The highest BCUT2D eigenvalue weighted by atomic mass is 32.2. The molecule has 1 saturated heterocycles. The van der Waals surface area contributed by atoms with E-state index in [0.29, 0.717) is 22.8 Å². The van der Waals surface area contributed by atoms with Gasteiger partial charge in [-0.25, -0.2) is 14.5 Å². The number of nitrogens with zero attached hydrogens (tertiary/aromatic N) is 4. The minimum atomic E-state index is -4.76. The van der Waals surface area contributed by atoms with Crippen molar-refractivity contribution in [2.75, 3.05) is 12.5 Å². The van der Waals surface area contributed by atoms with E-state index in [1.54, 1.807) is 24.3 Å². The third-order valence-corrected chi connectivity index (χ3v) is 5.06. The summed E-state index contributed by atoms with van der Waals surface area (Å²) in [6.07, 6.45) is -3.33. The number of thioether (sulfide) groups is 1. The van der Waals surface area contributed by atoms with Gasteiger partial charge in [-0.3, -0.25) is 4.79 Å². The smallest absolute Gasteiger partial charge is 0.473 e. The predicted octanol–water partition coefficient (Wildman–Crippen LogP) is 3.10. The van der Waals surface area contributed by atoms with Gasteiger partial charge in [0.05, 0.1) is 11.4 Å². The summed E-state index contributed by atoms with van der Waals surface area (Å²) in [6, 6.07) is 11.3. The summed E-state index contributed by atoms with van der Waals surface area (Å²) in [6.45, 7) is -0.130. The number of aliphatic imine (C=N–C) groups is 1. The van der Waals surface area contributed by atoms with Crippen LogP contribution in [-0.4, -0.2) is 50.7 Å². The number of rotatable bonds is 6. The Hall–Kier alpha value is -4.07. The van der Waals surface area contributed by atoms with Gasteiger partial charge in [-0.15, -0.1) is 18.3 Å². The summed E-state index contributed by atoms with van der Waals surface area (Å²) < 4.78 is 47.5. The molecule has 10 nitrogen and oxygen atoms in total. The number of urea groups is 1. The molecule has 0 bridgehead atoms. The number of carbonyl (C=O) groups excluding carboxylic acids is 2. The molecule has 34 heavy (non-hydrogen) atoms. The van der Waals surface area contributed by atoms with Crippen molar-refractivity contribution in [1.29, 1.82) is 0 Å². The number of hydrogen-bond acceptors (Lipinski definition) is 7. The second kappa shape index (κ2) is 9.82. The molecule has 3 amide bonds. The Kier molecular flexibility index (Phi) is 6.67. The van der Waals surface area contributed by atoms with E-state index in [4.69, 9.17) is 4.74 Å². The molecule has 176 valence electrons. The van der Waals surface area contributed by atoms with Crippen molar-refractivity contribution in [3.05, 3.63) is 54.9 Å². The van der Waals surface area contributed by atoms with Crippen LogP contribution in [0.5, 0.6) is 11.5 Å². The van der Waals surface area contributed by atoms with E-state index in [2.05, 4.69) is 30.4 Å². The van der Waals surface area contributed by atoms with Gasteiger partial charge < -0.3 is 20.1 Å². The zero-order valence-electron chi connectivity index (χ0n) is 17.1. The van der Waals surface area contributed by atoms with Crippen LogP contribution >= 0.6 is 11.8 Å². The van der Waals surface area contributed by atoms with E-state index in [0.717, 1.165) is 11.8 Å². The van der Waals surface area contributed by atoms with Crippen LogP contribution in [0.4, 0.5) is 18.0 Å². The Morgan fingerprint density at radius 3 is 2.50 bits per heavy atom. The highest BCUT2D eigenvalue weighted by molar-refractivity contribution is 8.15. The first kappa shape index (κ1) is 23.1. The van der Waals surface area contributed by atoms with Gasteiger partial charge in [0.1, 0.15) is 17.8 Å². The number of amidine groups is 1. The maximum absolute atomic E-state index is 12.3. The SMILES string of the molecule is O=C1CS/C(=N\C(=O)NCOc2ccc(-c3ncn(-c4ccc(OC(F)(F)F)cc4)n3)cc2)N1. The van der Waals surface area contributed by atoms with Crippen LogP contribution < -0.4 is 20.1 Å². The molecule has 0 unspecified atom stereocenters. The summed E-state index contributed by atoms with van der Waals surface area (Å²) in [5, 5.41) is 9.46. The Morgan fingerprint density at radius 1 is 1.15 bits per heavy atom. The molecular formula is C20H15F3N6O4S. The lowest BCUT2D eigenvalue weighted by Gasteiger charge is -2.09. The third-order valence-electron chi connectivity index (χ3n) is 4.19. The molecule has 3 aromatic rings. The number of halogens is 3. The van der Waals surface area contributed by atoms with Crippen LogP contribution in [0.2, 0.25) is 0 Å². The maximum atomic E-state index is 12.3. The van der Waals surface area contributed by atoms with Crippen molar-refractivity contribution < 1.29 is 32.2 Å². The average molecular weight is 492 g/mol. The second-order valence-electron chi connectivity index (χ2n) is 6.60. The van der Waals surface area contributed by atoms with Crippen molar-refractivity contribution >= 4 is 28.9 Å². The van der Waals surface area contributed by atoms with Gasteiger partial charge in [-0.1, -0.05) is 11.8 Å². The van der Waals surface area contributed by atoms with Crippen molar-refractivity contribution in [1.82, 2.24) is 25.4 Å². The van der Waals surface area contributed by atoms with Gasteiger partial charge in [-0.2, -0.15) is 4.99 Å². The number of amides is 3. The quantitative estimate of drug-likeness (QED) is 0.508. The van der Waals surface area contributed by atoms with E-state index in [-0.39, 0.29) is 29.3 Å². The lowest BCUT2D eigenvalue weighted by Crippen LogP contribution is -2.28. The van der Waals surface area contributed by atoms with Crippen LogP contribution in [-0.2, 0) is 4.79 Å². The highest BCUT2D eigenvalue weighted by Gasteiger charge is 2.31. The van der Waals surface area contributed by atoms with Gasteiger partial charge >= 0.3 is 12.4 Å². The number of hydrogen-bond donors (Lipinski definition) is 2. The number of aromatic nitrogens is 3. The third kappa shape index (κ3) is 6.25. The van der Waals surface area contributed by atoms with Crippen LogP contribution in [0.25, 0.3) is 17.1 Å². The number of ether oxygens (including phenoxy) is 2. The van der Waals surface area contributed by atoms with Crippen LogP contribution in [0.1, 0.15) is 0 Å². The zero-order valence-corrected chi connectivity index (χ0v) is 17.9. The van der Waals surface area contributed by atoms with E-state index in [1.165, 1.54) is 35.3 Å². The van der Waals surface area contributed by atoms with Crippen molar-refractivity contribution in [3.63, 3.8) is 0 Å². The van der Waals surface area contributed by atoms with Crippen LogP contribution in [0.15, 0.2) is 59.9 Å². The van der Waals surface area contributed by atoms with E-state index < -0.39 is 12.4 Å². The minimum Gasteiger partial charge on any atom is -0.473 e. The fraction of sp³-hybridized carbons (Fsp3) is 0.150. The molecule has 0 atom stereocenters. The van der Waals surface area contributed by atoms with Gasteiger partial charge in [0.25, 0.3) is 0 Å². The summed E-state index contributed by atoms with van der Waals surface area (Å²) in [7, 11) is 0. The number of benzene rings is 2. The molecule has 0 spiro atoms. The normalized spacial score (nSPS) is 14.7. The molecule has 0 aliphatic carbocycles.